The number of nitrogens with one attached hydrogen (secondary N) is 1. The van der Waals surface area contributed by atoms with Crippen LogP contribution in [0.15, 0.2) is 0 Å². The third kappa shape index (κ3) is 2.20. The van der Waals surface area contributed by atoms with E-state index in [1.54, 1.807) is 0 Å². The standard InChI is InChI=1S/C10H19NO/c1-2-4-10(3-1)11-7-9-5-6-12-8-9/h9-11H,1-8H2. The minimum absolute atomic E-state index is 0.797. The van der Waals surface area contributed by atoms with Crippen molar-refractivity contribution in [2.45, 2.75) is 38.1 Å². The third-order valence-corrected chi connectivity index (χ3v) is 3.07. The van der Waals surface area contributed by atoms with Crippen LogP contribution in [0.4, 0.5) is 0 Å². The van der Waals surface area contributed by atoms with E-state index in [0.29, 0.717) is 0 Å². The van der Waals surface area contributed by atoms with Gasteiger partial charge in [-0.2, -0.15) is 0 Å². The maximum absolute atomic E-state index is 5.33. The van der Waals surface area contributed by atoms with Crippen LogP contribution in [0.2, 0.25) is 0 Å². The molecule has 1 unspecified atom stereocenters. The van der Waals surface area contributed by atoms with Crippen LogP contribution >= 0.6 is 0 Å². The SMILES string of the molecule is C1CCC(NCC2CCOC2)C1. The van der Waals surface area contributed by atoms with Crippen LogP contribution in [-0.2, 0) is 4.74 Å². The molecule has 1 heterocycles. The largest absolute Gasteiger partial charge is 0.381 e. The van der Waals surface area contributed by atoms with Gasteiger partial charge in [0.25, 0.3) is 0 Å². The first-order chi connectivity index (χ1) is 5.95. The van der Waals surface area contributed by atoms with E-state index >= 15 is 0 Å². The molecule has 12 heavy (non-hydrogen) atoms. The van der Waals surface area contributed by atoms with Crippen molar-refractivity contribution in [1.82, 2.24) is 5.32 Å². The van der Waals surface area contributed by atoms with E-state index in [-0.39, 0.29) is 0 Å². The quantitative estimate of drug-likeness (QED) is 0.692. The molecular formula is C10H19NO. The number of rotatable bonds is 3. The minimum Gasteiger partial charge on any atom is -0.381 e. The summed E-state index contributed by atoms with van der Waals surface area (Å²) in [7, 11) is 0. The van der Waals surface area contributed by atoms with Crippen LogP contribution in [0.5, 0.6) is 0 Å². The topological polar surface area (TPSA) is 21.3 Å². The zero-order chi connectivity index (χ0) is 8.23. The first kappa shape index (κ1) is 8.52. The van der Waals surface area contributed by atoms with Crippen molar-refractivity contribution < 1.29 is 4.74 Å². The molecule has 1 saturated carbocycles. The molecule has 0 bridgehead atoms. The van der Waals surface area contributed by atoms with Crippen molar-refractivity contribution in [1.29, 1.82) is 0 Å². The molecule has 0 aromatic rings. The molecule has 2 nitrogen and oxygen atoms in total. The van der Waals surface area contributed by atoms with E-state index in [4.69, 9.17) is 4.74 Å². The second-order valence-electron chi connectivity index (χ2n) is 4.12. The zero-order valence-corrected chi connectivity index (χ0v) is 7.72. The van der Waals surface area contributed by atoms with Crippen LogP contribution in [0, 0.1) is 5.92 Å². The summed E-state index contributed by atoms with van der Waals surface area (Å²) < 4.78 is 5.33. The van der Waals surface area contributed by atoms with E-state index < -0.39 is 0 Å². The van der Waals surface area contributed by atoms with Gasteiger partial charge >= 0.3 is 0 Å². The number of hydrogen-bond acceptors (Lipinski definition) is 2. The summed E-state index contributed by atoms with van der Waals surface area (Å²) in [5.41, 5.74) is 0. The Morgan fingerprint density at radius 3 is 2.67 bits per heavy atom. The highest BCUT2D eigenvalue weighted by Gasteiger charge is 2.19. The minimum atomic E-state index is 0.797. The second-order valence-corrected chi connectivity index (χ2v) is 4.12. The lowest BCUT2D eigenvalue weighted by Gasteiger charge is -2.14. The maximum Gasteiger partial charge on any atom is 0.0507 e. The maximum atomic E-state index is 5.33. The molecule has 2 aliphatic rings. The second kappa shape index (κ2) is 4.24. The van der Waals surface area contributed by atoms with Crippen LogP contribution < -0.4 is 5.32 Å². The van der Waals surface area contributed by atoms with Crippen LogP contribution in [0.3, 0.4) is 0 Å². The van der Waals surface area contributed by atoms with E-state index in [2.05, 4.69) is 5.32 Å². The molecule has 1 aliphatic heterocycles. The smallest absolute Gasteiger partial charge is 0.0507 e. The molecule has 2 heteroatoms. The number of hydrogen-bond donors (Lipinski definition) is 1. The Morgan fingerprint density at radius 2 is 2.00 bits per heavy atom. The Labute approximate surface area is 74.7 Å². The summed E-state index contributed by atoms with van der Waals surface area (Å²) >= 11 is 0. The lowest BCUT2D eigenvalue weighted by atomic mass is 10.1. The average Bonchev–Trinajstić information content (AvgIpc) is 2.74. The molecule has 1 N–H and O–H groups in total. The molecule has 70 valence electrons. The lowest BCUT2D eigenvalue weighted by Crippen LogP contribution is -2.31. The molecule has 0 aromatic heterocycles. The van der Waals surface area contributed by atoms with Crippen molar-refractivity contribution in [3.8, 4) is 0 Å². The fraction of sp³-hybridized carbons (Fsp3) is 1.00. The monoisotopic (exact) mass is 169 g/mol. The van der Waals surface area contributed by atoms with Gasteiger partial charge in [-0.25, -0.2) is 0 Å². The number of ether oxygens (including phenoxy) is 1. The molecule has 0 radical (unpaired) electrons. The van der Waals surface area contributed by atoms with Gasteiger partial charge in [0.2, 0.25) is 0 Å². The molecule has 0 amide bonds. The highest BCUT2D eigenvalue weighted by Crippen LogP contribution is 2.18. The Hall–Kier alpha value is -0.0800. The first-order valence-electron chi connectivity index (χ1n) is 5.26. The first-order valence-corrected chi connectivity index (χ1v) is 5.26. The van der Waals surface area contributed by atoms with Gasteiger partial charge in [0.05, 0.1) is 6.61 Å². The summed E-state index contributed by atoms with van der Waals surface area (Å²) in [4.78, 5) is 0. The fourth-order valence-corrected chi connectivity index (χ4v) is 2.21. The third-order valence-electron chi connectivity index (χ3n) is 3.07. The van der Waals surface area contributed by atoms with E-state index in [0.717, 1.165) is 25.2 Å². The Bertz CT molecular complexity index is 110. The molecular weight excluding hydrogens is 150 g/mol. The van der Waals surface area contributed by atoms with Crippen molar-refractivity contribution in [3.05, 3.63) is 0 Å². The Morgan fingerprint density at radius 1 is 1.17 bits per heavy atom. The Balaban J connectivity index is 1.60. The summed E-state index contributed by atoms with van der Waals surface area (Å²) in [6.45, 7) is 3.15. The van der Waals surface area contributed by atoms with Gasteiger partial charge in [0, 0.05) is 19.2 Å². The molecule has 0 spiro atoms. The molecule has 1 aliphatic carbocycles. The molecule has 2 rings (SSSR count). The highest BCUT2D eigenvalue weighted by molar-refractivity contribution is 4.76. The van der Waals surface area contributed by atoms with Gasteiger partial charge < -0.3 is 10.1 Å². The predicted octanol–water partition coefficient (Wildman–Crippen LogP) is 1.56. The molecule has 2 fully saturated rings. The van der Waals surface area contributed by atoms with E-state index in [1.165, 1.54) is 38.6 Å². The van der Waals surface area contributed by atoms with Gasteiger partial charge in [-0.05, 0) is 25.2 Å². The molecule has 0 aromatic carbocycles. The lowest BCUT2D eigenvalue weighted by molar-refractivity contribution is 0.184. The van der Waals surface area contributed by atoms with Crippen molar-refractivity contribution >= 4 is 0 Å². The van der Waals surface area contributed by atoms with E-state index in [9.17, 15) is 0 Å². The van der Waals surface area contributed by atoms with Gasteiger partial charge in [0.15, 0.2) is 0 Å². The highest BCUT2D eigenvalue weighted by atomic mass is 16.5. The van der Waals surface area contributed by atoms with Crippen molar-refractivity contribution in [2.24, 2.45) is 5.92 Å². The van der Waals surface area contributed by atoms with Gasteiger partial charge in [0.1, 0.15) is 0 Å². The summed E-state index contributed by atoms with van der Waals surface area (Å²) in [5.74, 6) is 0.797. The van der Waals surface area contributed by atoms with E-state index in [1.807, 2.05) is 0 Å². The average molecular weight is 169 g/mol. The predicted molar refractivity (Wildman–Crippen MR) is 49.2 cm³/mol. The fourth-order valence-electron chi connectivity index (χ4n) is 2.21. The van der Waals surface area contributed by atoms with Crippen molar-refractivity contribution in [2.75, 3.05) is 19.8 Å². The summed E-state index contributed by atoms with van der Waals surface area (Å²) in [5, 5.41) is 3.64. The Kier molecular flexibility index (Phi) is 3.01. The van der Waals surface area contributed by atoms with Gasteiger partial charge in [-0.15, -0.1) is 0 Å². The molecule has 1 saturated heterocycles. The van der Waals surface area contributed by atoms with Crippen molar-refractivity contribution in [3.63, 3.8) is 0 Å². The summed E-state index contributed by atoms with van der Waals surface area (Å²) in [6.07, 6.45) is 6.92. The summed E-state index contributed by atoms with van der Waals surface area (Å²) in [6, 6.07) is 0.825. The van der Waals surface area contributed by atoms with Gasteiger partial charge in [-0.3, -0.25) is 0 Å². The van der Waals surface area contributed by atoms with Crippen LogP contribution in [-0.4, -0.2) is 25.8 Å². The van der Waals surface area contributed by atoms with Crippen LogP contribution in [0.25, 0.3) is 0 Å². The molecule has 1 atom stereocenters. The normalized spacial score (nSPS) is 31.5. The van der Waals surface area contributed by atoms with Gasteiger partial charge in [-0.1, -0.05) is 12.8 Å². The zero-order valence-electron chi connectivity index (χ0n) is 7.72. The van der Waals surface area contributed by atoms with Crippen LogP contribution in [0.1, 0.15) is 32.1 Å².